The zero-order chi connectivity index (χ0) is 32.4. The van der Waals surface area contributed by atoms with Crippen molar-refractivity contribution in [1.82, 2.24) is 20.4 Å². The molecule has 3 aromatic carbocycles. The first-order valence-corrected chi connectivity index (χ1v) is 14.8. The van der Waals surface area contributed by atoms with Gasteiger partial charge >= 0.3 is 6.03 Å². The van der Waals surface area contributed by atoms with Crippen LogP contribution in [0.2, 0.25) is 0 Å². The first kappa shape index (κ1) is 29.3. The number of hydrogen-bond acceptors (Lipinski definition) is 11. The molecule has 236 valence electrons. The van der Waals surface area contributed by atoms with Crippen LogP contribution in [0.5, 0.6) is 0 Å². The van der Waals surface area contributed by atoms with Gasteiger partial charge in [-0.15, -0.1) is 0 Å². The van der Waals surface area contributed by atoms with E-state index < -0.39 is 47.4 Å². The molecule has 2 saturated heterocycles. The van der Waals surface area contributed by atoms with Crippen molar-refractivity contribution in [1.29, 1.82) is 0 Å². The summed E-state index contributed by atoms with van der Waals surface area (Å²) in [7, 11) is 0. The fraction of sp³-hybridized carbons (Fsp3) is 0.281. The second-order valence-corrected chi connectivity index (χ2v) is 11.9. The normalized spacial score (nSPS) is 26.3. The Labute approximate surface area is 264 Å². The second kappa shape index (κ2) is 10.6. The number of imide groups is 1. The minimum Gasteiger partial charge on any atom is -0.370 e. The van der Waals surface area contributed by atoms with Crippen LogP contribution in [-0.4, -0.2) is 99.0 Å². The molecule has 3 unspecified atom stereocenters. The number of carbonyl (C=O) groups excluding carboxylic acids is 3. The van der Waals surface area contributed by atoms with Crippen LogP contribution < -0.4 is 27.0 Å². The third-order valence-corrected chi connectivity index (χ3v) is 9.18. The summed E-state index contributed by atoms with van der Waals surface area (Å²) in [6.07, 6.45) is 0. The molecule has 2 fully saturated rings. The van der Waals surface area contributed by atoms with E-state index in [2.05, 4.69) is 20.6 Å². The van der Waals surface area contributed by atoms with Gasteiger partial charge in [-0.2, -0.15) is 0 Å². The molecule has 0 saturated carbocycles. The first-order valence-electron chi connectivity index (χ1n) is 14.8. The molecule has 14 heteroatoms. The molecular weight excluding hydrogens is 590 g/mol. The number of amides is 4. The lowest BCUT2D eigenvalue weighted by molar-refractivity contribution is -0.230. The van der Waals surface area contributed by atoms with Crippen molar-refractivity contribution in [3.63, 3.8) is 0 Å². The van der Waals surface area contributed by atoms with Crippen LogP contribution in [0.1, 0.15) is 15.9 Å². The topological polar surface area (TPSA) is 202 Å². The van der Waals surface area contributed by atoms with Gasteiger partial charge < -0.3 is 37.2 Å². The summed E-state index contributed by atoms with van der Waals surface area (Å²) in [5.41, 5.74) is 14.4. The van der Waals surface area contributed by atoms with Gasteiger partial charge in [-0.1, -0.05) is 54.6 Å². The summed E-state index contributed by atoms with van der Waals surface area (Å²) in [6, 6.07) is 19.7. The molecule has 4 atom stereocenters. The maximum absolute atomic E-state index is 13.5. The van der Waals surface area contributed by atoms with E-state index in [0.717, 1.165) is 21.6 Å². The van der Waals surface area contributed by atoms with E-state index in [1.807, 2.05) is 37.3 Å². The van der Waals surface area contributed by atoms with Crippen LogP contribution in [0.25, 0.3) is 11.1 Å². The lowest BCUT2D eigenvalue weighted by Crippen LogP contribution is -2.78. The van der Waals surface area contributed by atoms with Gasteiger partial charge in [-0.3, -0.25) is 19.4 Å². The molecule has 4 heterocycles. The highest BCUT2D eigenvalue weighted by atomic mass is 16.5. The number of benzene rings is 3. The summed E-state index contributed by atoms with van der Waals surface area (Å²) in [6.45, 7) is 1.44. The number of anilines is 1. The SMILES string of the molecule is Cc1ccccc1-c1cccc(C(=O)NC2CN3C(N)=N[C@@H](CN4C(=O)CN(c5ccccc5)C4=O)C4N=C(N)NC43C2(O)O)c1. The Kier molecular flexibility index (Phi) is 6.72. The predicted molar refractivity (Wildman–Crippen MR) is 169 cm³/mol. The average Bonchev–Trinajstić information content (AvgIpc) is 3.62. The van der Waals surface area contributed by atoms with Crippen LogP contribution in [0, 0.1) is 6.92 Å². The zero-order valence-electron chi connectivity index (χ0n) is 24.9. The molecule has 3 aromatic rings. The van der Waals surface area contributed by atoms with Gasteiger partial charge in [0.15, 0.2) is 17.6 Å². The minimum atomic E-state index is -2.68. The number of urea groups is 1. The first-order chi connectivity index (χ1) is 22.0. The quantitative estimate of drug-likeness (QED) is 0.160. The van der Waals surface area contributed by atoms with Crippen LogP contribution in [-0.2, 0) is 4.79 Å². The molecule has 46 heavy (non-hydrogen) atoms. The van der Waals surface area contributed by atoms with Gasteiger partial charge in [-0.05, 0) is 47.9 Å². The summed E-state index contributed by atoms with van der Waals surface area (Å²) in [5, 5.41) is 29.3. The highest BCUT2D eigenvalue weighted by Gasteiger charge is 2.73. The molecule has 0 aliphatic carbocycles. The number of para-hydroxylation sites is 1. The number of aliphatic imine (C=N–C) groups is 2. The van der Waals surface area contributed by atoms with E-state index in [4.69, 9.17) is 11.5 Å². The lowest BCUT2D eigenvalue weighted by Gasteiger charge is -2.49. The molecule has 7 rings (SSSR count). The second-order valence-electron chi connectivity index (χ2n) is 11.9. The molecule has 8 N–H and O–H groups in total. The van der Waals surface area contributed by atoms with Crippen molar-refractivity contribution in [2.24, 2.45) is 21.5 Å². The Balaban J connectivity index is 1.15. The number of rotatable bonds is 6. The Morgan fingerprint density at radius 1 is 1.02 bits per heavy atom. The Morgan fingerprint density at radius 3 is 2.52 bits per heavy atom. The Morgan fingerprint density at radius 2 is 1.76 bits per heavy atom. The summed E-state index contributed by atoms with van der Waals surface area (Å²) in [5.74, 6) is -3.87. The standard InChI is InChI=1S/C32H33N9O5/c1-18-8-5-6-13-22(18)19-9-7-10-20(14-19)27(43)36-24-16-41-29(34)35-23(26-31(41,32(24,45)46)38-28(33)37-26)15-40-25(42)17-39(30(40)44)21-11-3-2-4-12-21/h2-14,23-24,26,45-46H,15-17H2,1H3,(H2,34,35)(H,36,43)(H3,33,37,38)/t23-,24?,26?,31?/m0/s1. The predicted octanol–water partition coefficient (Wildman–Crippen LogP) is -0.0946. The van der Waals surface area contributed by atoms with Crippen molar-refractivity contribution in [2.75, 3.05) is 24.5 Å². The maximum Gasteiger partial charge on any atom is 0.331 e. The van der Waals surface area contributed by atoms with Gasteiger partial charge in [0.2, 0.25) is 5.79 Å². The summed E-state index contributed by atoms with van der Waals surface area (Å²) >= 11 is 0. The molecular formula is C32H33N9O5. The summed E-state index contributed by atoms with van der Waals surface area (Å²) < 4.78 is 0. The molecule has 14 nitrogen and oxygen atoms in total. The lowest BCUT2D eigenvalue weighted by atomic mass is 9.84. The van der Waals surface area contributed by atoms with E-state index in [1.165, 1.54) is 9.80 Å². The van der Waals surface area contributed by atoms with Crippen molar-refractivity contribution < 1.29 is 24.6 Å². The van der Waals surface area contributed by atoms with Crippen LogP contribution in [0.4, 0.5) is 10.5 Å². The van der Waals surface area contributed by atoms with Crippen LogP contribution in [0.15, 0.2) is 88.8 Å². The number of guanidine groups is 2. The van der Waals surface area contributed by atoms with E-state index in [1.54, 1.807) is 48.5 Å². The zero-order valence-corrected chi connectivity index (χ0v) is 24.9. The molecule has 4 aliphatic heterocycles. The van der Waals surface area contributed by atoms with E-state index in [9.17, 15) is 24.6 Å². The monoisotopic (exact) mass is 623 g/mol. The van der Waals surface area contributed by atoms with Gasteiger partial charge in [0.05, 0.1) is 12.6 Å². The Hall–Kier alpha value is -5.47. The third kappa shape index (κ3) is 4.36. The largest absolute Gasteiger partial charge is 0.370 e. The van der Waals surface area contributed by atoms with Crippen molar-refractivity contribution in [3.05, 3.63) is 90.0 Å². The number of nitrogens with one attached hydrogen (secondary N) is 2. The molecule has 4 aliphatic rings. The van der Waals surface area contributed by atoms with E-state index in [-0.39, 0.29) is 31.6 Å². The Bertz CT molecular complexity index is 1810. The fourth-order valence-electron chi connectivity index (χ4n) is 6.92. The minimum absolute atomic E-state index is 0.0940. The van der Waals surface area contributed by atoms with Gasteiger partial charge in [0.25, 0.3) is 11.8 Å². The number of nitrogens with zero attached hydrogens (tertiary/aromatic N) is 5. The molecule has 0 aromatic heterocycles. The highest BCUT2D eigenvalue weighted by Crippen LogP contribution is 2.45. The van der Waals surface area contributed by atoms with Gasteiger partial charge in [0.1, 0.15) is 18.6 Å². The van der Waals surface area contributed by atoms with Gasteiger partial charge in [-0.25, -0.2) is 14.8 Å². The number of carbonyl (C=O) groups is 3. The highest BCUT2D eigenvalue weighted by molar-refractivity contribution is 6.12. The molecule has 1 spiro atoms. The van der Waals surface area contributed by atoms with Crippen LogP contribution >= 0.6 is 0 Å². The number of hydrogen-bond donors (Lipinski definition) is 6. The van der Waals surface area contributed by atoms with Gasteiger partial charge in [0, 0.05) is 17.8 Å². The third-order valence-electron chi connectivity index (χ3n) is 9.18. The van der Waals surface area contributed by atoms with Crippen molar-refractivity contribution >= 4 is 35.5 Å². The van der Waals surface area contributed by atoms with E-state index >= 15 is 0 Å². The molecule has 0 radical (unpaired) electrons. The smallest absolute Gasteiger partial charge is 0.331 e. The summed E-state index contributed by atoms with van der Waals surface area (Å²) in [4.78, 5) is 52.7. The van der Waals surface area contributed by atoms with E-state index in [0.29, 0.717) is 11.3 Å². The maximum atomic E-state index is 13.5. The number of aliphatic hydroxyl groups is 2. The fourth-order valence-corrected chi connectivity index (χ4v) is 6.92. The van der Waals surface area contributed by atoms with Crippen molar-refractivity contribution in [3.8, 4) is 11.1 Å². The number of nitrogens with two attached hydrogens (primary N) is 2. The van der Waals surface area contributed by atoms with Crippen molar-refractivity contribution in [2.45, 2.75) is 36.5 Å². The van der Waals surface area contributed by atoms with Crippen LogP contribution in [0.3, 0.4) is 0 Å². The molecule has 0 bridgehead atoms. The number of aryl methyl sites for hydroxylation is 1. The molecule has 4 amide bonds. The average molecular weight is 624 g/mol.